The van der Waals surface area contributed by atoms with Crippen molar-refractivity contribution in [1.29, 1.82) is 0 Å². The Balaban J connectivity index is 1.67. The van der Waals surface area contributed by atoms with Gasteiger partial charge in [0.25, 0.3) is 6.30 Å². The van der Waals surface area contributed by atoms with Crippen LogP contribution in [0, 0.1) is 0 Å². The molecule has 0 N–H and O–H groups in total. The van der Waals surface area contributed by atoms with Crippen LogP contribution in [0.5, 0.6) is 5.75 Å². The largest absolute Gasteiger partial charge is 0.490 e. The normalized spacial score (nSPS) is 16.8. The minimum atomic E-state index is -1.85. The summed E-state index contributed by atoms with van der Waals surface area (Å²) < 4.78 is 20.7. The first-order valence-corrected chi connectivity index (χ1v) is 7.03. The molecule has 6 heteroatoms. The van der Waals surface area contributed by atoms with Gasteiger partial charge in [0.15, 0.2) is 0 Å². The third-order valence-electron chi connectivity index (χ3n) is 3.63. The van der Waals surface area contributed by atoms with Gasteiger partial charge in [0.2, 0.25) is 5.78 Å². The summed E-state index contributed by atoms with van der Waals surface area (Å²) in [6, 6.07) is 6.57. The van der Waals surface area contributed by atoms with Crippen LogP contribution < -0.4 is 4.74 Å². The quantitative estimate of drug-likeness (QED) is 0.794. The molecule has 1 saturated carbocycles. The molecule has 5 nitrogen and oxygen atoms in total. The number of Topliss-reactive ketones (excluding diaryl/α,β-unsaturated/α-hetero) is 1. The molecule has 0 aliphatic heterocycles. The average Bonchev–Trinajstić information content (AvgIpc) is 3.20. The van der Waals surface area contributed by atoms with Gasteiger partial charge in [-0.05, 0) is 49.9 Å². The molecule has 1 unspecified atom stereocenters. The van der Waals surface area contributed by atoms with Gasteiger partial charge in [-0.1, -0.05) is 0 Å². The number of benzene rings is 1. The Hall–Kier alpha value is -2.24. The molecule has 0 bridgehead atoms. The predicted octanol–water partition coefficient (Wildman–Crippen LogP) is 2.95. The van der Waals surface area contributed by atoms with Gasteiger partial charge in [0, 0.05) is 5.56 Å². The van der Waals surface area contributed by atoms with E-state index in [-0.39, 0.29) is 11.7 Å². The maximum atomic E-state index is 14.0. The number of ether oxygens (including phenoxy) is 1. The minimum Gasteiger partial charge on any atom is -0.490 e. The predicted molar refractivity (Wildman–Crippen MR) is 73.8 cm³/mol. The van der Waals surface area contributed by atoms with Gasteiger partial charge < -0.3 is 4.74 Å². The Morgan fingerprint density at radius 2 is 2.00 bits per heavy atom. The molecule has 1 aromatic heterocycles. The van der Waals surface area contributed by atoms with E-state index in [2.05, 4.69) is 10.1 Å². The molecule has 1 aromatic carbocycles. The summed E-state index contributed by atoms with van der Waals surface area (Å²) in [6.45, 7) is 0. The van der Waals surface area contributed by atoms with Gasteiger partial charge >= 0.3 is 0 Å². The van der Waals surface area contributed by atoms with E-state index < -0.39 is 12.1 Å². The second-order valence-corrected chi connectivity index (χ2v) is 5.12. The first kappa shape index (κ1) is 13.7. The number of hydrogen-bond acceptors (Lipinski definition) is 4. The number of hydrogen-bond donors (Lipinski definition) is 0. The number of nitrogens with zero attached hydrogens (tertiary/aromatic N) is 3. The molecule has 0 spiro atoms. The highest BCUT2D eigenvalue weighted by Crippen LogP contribution is 2.25. The molecule has 2 aromatic rings. The first-order valence-electron chi connectivity index (χ1n) is 7.03. The lowest BCUT2D eigenvalue weighted by atomic mass is 10.1. The van der Waals surface area contributed by atoms with Gasteiger partial charge in [-0.2, -0.15) is 5.10 Å². The fourth-order valence-electron chi connectivity index (χ4n) is 2.49. The summed E-state index contributed by atoms with van der Waals surface area (Å²) in [5, 5.41) is 3.63. The smallest absolute Gasteiger partial charge is 0.255 e. The third kappa shape index (κ3) is 3.09. The number of rotatable bonds is 5. The lowest BCUT2D eigenvalue weighted by Gasteiger charge is -2.13. The van der Waals surface area contributed by atoms with E-state index in [0.29, 0.717) is 0 Å². The number of carbonyl (C=O) groups excluding carboxylic acids is 1. The second kappa shape index (κ2) is 6.03. The number of carbonyl (C=O) groups is 1. The summed E-state index contributed by atoms with van der Waals surface area (Å²) in [4.78, 5) is 15.6. The highest BCUT2D eigenvalue weighted by molar-refractivity contribution is 5.98. The molecule has 0 amide bonds. The number of alkyl halides is 1. The zero-order chi connectivity index (χ0) is 14.7. The molecule has 3 rings (SSSR count). The topological polar surface area (TPSA) is 57.0 Å². The van der Waals surface area contributed by atoms with E-state index >= 15 is 0 Å². The number of ketones is 1. The van der Waals surface area contributed by atoms with Crippen molar-refractivity contribution in [3.8, 4) is 5.75 Å². The van der Waals surface area contributed by atoms with Crippen molar-refractivity contribution in [3.63, 3.8) is 0 Å². The third-order valence-corrected chi connectivity index (χ3v) is 3.63. The minimum absolute atomic E-state index is 0.260. The number of halogens is 1. The Morgan fingerprint density at radius 1 is 1.29 bits per heavy atom. The Bertz CT molecular complexity index is 592. The van der Waals surface area contributed by atoms with E-state index in [1.807, 2.05) is 0 Å². The van der Waals surface area contributed by atoms with E-state index in [1.165, 1.54) is 25.5 Å². The van der Waals surface area contributed by atoms with E-state index in [1.54, 1.807) is 24.3 Å². The van der Waals surface area contributed by atoms with Crippen molar-refractivity contribution < 1.29 is 13.9 Å². The van der Waals surface area contributed by atoms with Gasteiger partial charge in [-0.3, -0.25) is 4.79 Å². The number of aromatic nitrogens is 3. The summed E-state index contributed by atoms with van der Waals surface area (Å²) in [6.07, 6.45) is 5.31. The van der Waals surface area contributed by atoms with E-state index in [0.717, 1.165) is 23.3 Å². The van der Waals surface area contributed by atoms with Crippen molar-refractivity contribution in [1.82, 2.24) is 14.8 Å². The molecule has 1 aliphatic carbocycles. The van der Waals surface area contributed by atoms with Crippen LogP contribution in [-0.2, 0) is 0 Å². The molecular formula is C15H16FN3O2. The molecule has 1 heterocycles. The van der Waals surface area contributed by atoms with Crippen molar-refractivity contribution >= 4 is 5.78 Å². The highest BCUT2D eigenvalue weighted by Gasteiger charge is 2.22. The zero-order valence-corrected chi connectivity index (χ0v) is 11.5. The van der Waals surface area contributed by atoms with Gasteiger partial charge in [-0.15, -0.1) is 0 Å². The average molecular weight is 289 g/mol. The van der Waals surface area contributed by atoms with Crippen molar-refractivity contribution in [2.45, 2.75) is 38.1 Å². The van der Waals surface area contributed by atoms with Crippen LogP contribution >= 0.6 is 0 Å². The molecule has 1 aliphatic rings. The summed E-state index contributed by atoms with van der Waals surface area (Å²) in [7, 11) is 0. The van der Waals surface area contributed by atoms with Crippen molar-refractivity contribution in [2.24, 2.45) is 0 Å². The lowest BCUT2D eigenvalue weighted by molar-refractivity contribution is 0.0778. The Morgan fingerprint density at radius 3 is 2.62 bits per heavy atom. The Kier molecular flexibility index (Phi) is 3.94. The molecule has 1 fully saturated rings. The summed E-state index contributed by atoms with van der Waals surface area (Å²) in [5.41, 5.74) is 0.289. The summed E-state index contributed by atoms with van der Waals surface area (Å²) >= 11 is 0. The van der Waals surface area contributed by atoms with Crippen LogP contribution in [0.1, 0.15) is 42.3 Å². The SMILES string of the molecule is O=C(c1ccc(OC2CCCC2)cc1)C(F)n1cncn1. The van der Waals surface area contributed by atoms with Gasteiger partial charge in [0.1, 0.15) is 18.4 Å². The van der Waals surface area contributed by atoms with Crippen LogP contribution in [0.4, 0.5) is 4.39 Å². The Labute approximate surface area is 121 Å². The standard InChI is InChI=1S/C15H16FN3O2/c16-15(19-10-17-9-18-19)14(20)11-5-7-13(8-6-11)21-12-3-1-2-4-12/h5-10,12,15H,1-4H2. The lowest BCUT2D eigenvalue weighted by Crippen LogP contribution is -2.16. The van der Waals surface area contributed by atoms with Crippen LogP contribution in [0.15, 0.2) is 36.9 Å². The molecule has 21 heavy (non-hydrogen) atoms. The van der Waals surface area contributed by atoms with E-state index in [4.69, 9.17) is 4.74 Å². The molecule has 0 saturated heterocycles. The van der Waals surface area contributed by atoms with E-state index in [9.17, 15) is 9.18 Å². The van der Waals surface area contributed by atoms with Gasteiger partial charge in [-0.25, -0.2) is 14.1 Å². The second-order valence-electron chi connectivity index (χ2n) is 5.12. The first-order chi connectivity index (χ1) is 10.2. The molecular weight excluding hydrogens is 273 g/mol. The summed E-state index contributed by atoms with van der Waals surface area (Å²) in [5.74, 6) is 0.0718. The van der Waals surface area contributed by atoms with Crippen molar-refractivity contribution in [2.75, 3.05) is 0 Å². The molecule has 1 atom stereocenters. The zero-order valence-electron chi connectivity index (χ0n) is 11.5. The van der Waals surface area contributed by atoms with Crippen LogP contribution in [-0.4, -0.2) is 26.7 Å². The fourth-order valence-corrected chi connectivity index (χ4v) is 2.49. The van der Waals surface area contributed by atoms with Crippen LogP contribution in [0.3, 0.4) is 0 Å². The molecule has 0 radical (unpaired) electrons. The maximum absolute atomic E-state index is 14.0. The maximum Gasteiger partial charge on any atom is 0.255 e. The molecule has 110 valence electrons. The van der Waals surface area contributed by atoms with Gasteiger partial charge in [0.05, 0.1) is 6.10 Å². The monoisotopic (exact) mass is 289 g/mol. The van der Waals surface area contributed by atoms with Crippen LogP contribution in [0.2, 0.25) is 0 Å². The van der Waals surface area contributed by atoms with Crippen LogP contribution in [0.25, 0.3) is 0 Å². The van der Waals surface area contributed by atoms with Crippen molar-refractivity contribution in [3.05, 3.63) is 42.5 Å². The fraction of sp³-hybridized carbons (Fsp3) is 0.400. The highest BCUT2D eigenvalue weighted by atomic mass is 19.1.